The molecular weight excluding hydrogens is 332 g/mol. The predicted octanol–water partition coefficient (Wildman–Crippen LogP) is 4.47. The van der Waals surface area contributed by atoms with Gasteiger partial charge in [0.1, 0.15) is 5.82 Å². The SMILES string of the molecule is CCN1CCCC(c2nn(-c3ccc(Cl)cc3)c3c2CCCCN3)C1. The van der Waals surface area contributed by atoms with Crippen LogP contribution in [0.15, 0.2) is 24.3 Å². The van der Waals surface area contributed by atoms with Gasteiger partial charge in [-0.1, -0.05) is 18.5 Å². The van der Waals surface area contributed by atoms with Gasteiger partial charge in [-0.15, -0.1) is 0 Å². The van der Waals surface area contributed by atoms with Crippen molar-refractivity contribution in [1.29, 1.82) is 0 Å². The second-order valence-electron chi connectivity index (χ2n) is 7.22. The summed E-state index contributed by atoms with van der Waals surface area (Å²) in [4.78, 5) is 2.56. The minimum absolute atomic E-state index is 0.552. The lowest BCUT2D eigenvalue weighted by atomic mass is 9.91. The van der Waals surface area contributed by atoms with Crippen molar-refractivity contribution in [3.05, 3.63) is 40.5 Å². The smallest absolute Gasteiger partial charge is 0.133 e. The van der Waals surface area contributed by atoms with E-state index >= 15 is 0 Å². The van der Waals surface area contributed by atoms with Gasteiger partial charge in [0.15, 0.2) is 0 Å². The van der Waals surface area contributed by atoms with Crippen LogP contribution < -0.4 is 5.32 Å². The van der Waals surface area contributed by atoms with Gasteiger partial charge in [0.25, 0.3) is 0 Å². The topological polar surface area (TPSA) is 33.1 Å². The summed E-state index contributed by atoms with van der Waals surface area (Å²) in [5.41, 5.74) is 3.84. The zero-order valence-corrected chi connectivity index (χ0v) is 15.7. The molecule has 3 heterocycles. The third-order valence-corrected chi connectivity index (χ3v) is 5.82. The molecule has 2 aromatic rings. The highest BCUT2D eigenvalue weighted by molar-refractivity contribution is 6.30. The summed E-state index contributed by atoms with van der Waals surface area (Å²) >= 11 is 6.08. The molecule has 0 spiro atoms. The van der Waals surface area contributed by atoms with Crippen LogP contribution in [-0.4, -0.2) is 40.9 Å². The van der Waals surface area contributed by atoms with E-state index in [0.717, 1.165) is 36.8 Å². The van der Waals surface area contributed by atoms with Crippen molar-refractivity contribution in [2.45, 2.75) is 44.9 Å². The number of piperidine rings is 1. The maximum Gasteiger partial charge on any atom is 0.133 e. The lowest BCUT2D eigenvalue weighted by molar-refractivity contribution is 0.215. The number of hydrogen-bond donors (Lipinski definition) is 1. The first-order chi connectivity index (χ1) is 12.3. The molecule has 0 radical (unpaired) electrons. The fourth-order valence-electron chi connectivity index (χ4n) is 4.19. The Morgan fingerprint density at radius 1 is 1.20 bits per heavy atom. The van der Waals surface area contributed by atoms with E-state index in [1.807, 2.05) is 12.1 Å². The molecule has 1 N–H and O–H groups in total. The number of benzene rings is 1. The number of aromatic nitrogens is 2. The molecule has 1 aromatic carbocycles. The minimum atomic E-state index is 0.552. The molecule has 1 unspecified atom stereocenters. The molecule has 0 amide bonds. The zero-order valence-electron chi connectivity index (χ0n) is 15.0. The van der Waals surface area contributed by atoms with E-state index in [1.54, 1.807) is 0 Å². The summed E-state index contributed by atoms with van der Waals surface area (Å²) in [7, 11) is 0. The number of hydrogen-bond acceptors (Lipinski definition) is 3. The number of likely N-dealkylation sites (N-methyl/N-ethyl adjacent to an activating group) is 1. The van der Waals surface area contributed by atoms with Crippen LogP contribution in [0.25, 0.3) is 5.69 Å². The van der Waals surface area contributed by atoms with Gasteiger partial charge in [-0.3, -0.25) is 0 Å². The van der Waals surface area contributed by atoms with Gasteiger partial charge >= 0.3 is 0 Å². The lowest BCUT2D eigenvalue weighted by Gasteiger charge is -2.31. The number of fused-ring (bicyclic) bond motifs is 1. The third kappa shape index (κ3) is 3.42. The van der Waals surface area contributed by atoms with E-state index in [4.69, 9.17) is 16.7 Å². The summed E-state index contributed by atoms with van der Waals surface area (Å²) in [6, 6.07) is 8.01. The Morgan fingerprint density at radius 3 is 2.84 bits per heavy atom. The van der Waals surface area contributed by atoms with Gasteiger partial charge in [0.05, 0.1) is 11.4 Å². The van der Waals surface area contributed by atoms with E-state index in [9.17, 15) is 0 Å². The average molecular weight is 359 g/mol. The predicted molar refractivity (Wildman–Crippen MR) is 104 cm³/mol. The van der Waals surface area contributed by atoms with Crippen molar-refractivity contribution in [2.24, 2.45) is 0 Å². The number of halogens is 1. The van der Waals surface area contributed by atoms with Crippen LogP contribution in [0.2, 0.25) is 5.02 Å². The number of nitrogens with one attached hydrogen (secondary N) is 1. The molecule has 134 valence electrons. The van der Waals surface area contributed by atoms with Crippen LogP contribution in [-0.2, 0) is 6.42 Å². The first-order valence-corrected chi connectivity index (χ1v) is 9.98. The quantitative estimate of drug-likeness (QED) is 0.878. The largest absolute Gasteiger partial charge is 0.370 e. The Bertz CT molecular complexity index is 722. The molecule has 1 saturated heterocycles. The summed E-state index contributed by atoms with van der Waals surface area (Å²) < 4.78 is 2.11. The molecule has 0 bridgehead atoms. The maximum absolute atomic E-state index is 6.08. The van der Waals surface area contributed by atoms with Crippen molar-refractivity contribution in [1.82, 2.24) is 14.7 Å². The third-order valence-electron chi connectivity index (χ3n) is 5.57. The molecule has 2 aliphatic rings. The van der Waals surface area contributed by atoms with Crippen LogP contribution >= 0.6 is 11.6 Å². The Morgan fingerprint density at radius 2 is 2.04 bits per heavy atom. The Hall–Kier alpha value is -1.52. The molecule has 1 fully saturated rings. The van der Waals surface area contributed by atoms with Crippen molar-refractivity contribution in [2.75, 3.05) is 31.5 Å². The zero-order chi connectivity index (χ0) is 17.2. The van der Waals surface area contributed by atoms with E-state index in [2.05, 4.69) is 34.0 Å². The first kappa shape index (κ1) is 16.9. The van der Waals surface area contributed by atoms with Gasteiger partial charge in [0.2, 0.25) is 0 Å². The lowest BCUT2D eigenvalue weighted by Crippen LogP contribution is -2.34. The number of likely N-dealkylation sites (tertiary alicyclic amines) is 1. The van der Waals surface area contributed by atoms with Gasteiger partial charge < -0.3 is 10.2 Å². The highest BCUT2D eigenvalue weighted by Gasteiger charge is 2.29. The molecule has 5 heteroatoms. The molecule has 4 rings (SSSR count). The van der Waals surface area contributed by atoms with Crippen LogP contribution in [0.5, 0.6) is 0 Å². The fourth-order valence-corrected chi connectivity index (χ4v) is 4.32. The standard InChI is InChI=1S/C20H27ClN4/c1-2-24-13-5-6-15(14-24)19-18-7-3-4-12-22-20(18)25(23-19)17-10-8-16(21)9-11-17/h8-11,15,22H,2-7,12-14H2,1H3. The monoisotopic (exact) mass is 358 g/mol. The minimum Gasteiger partial charge on any atom is -0.370 e. The molecule has 0 aliphatic carbocycles. The number of rotatable bonds is 3. The molecule has 1 aromatic heterocycles. The van der Waals surface area contributed by atoms with Crippen molar-refractivity contribution >= 4 is 17.4 Å². The first-order valence-electron chi connectivity index (χ1n) is 9.60. The Labute approximate surface area is 155 Å². The molecule has 1 atom stereocenters. The van der Waals surface area contributed by atoms with Crippen molar-refractivity contribution < 1.29 is 0 Å². The number of nitrogens with zero attached hydrogens (tertiary/aromatic N) is 3. The number of anilines is 1. The second kappa shape index (κ2) is 7.38. The van der Waals surface area contributed by atoms with E-state index < -0.39 is 0 Å². The molecule has 2 aliphatic heterocycles. The second-order valence-corrected chi connectivity index (χ2v) is 7.65. The highest BCUT2D eigenvalue weighted by Crippen LogP contribution is 2.35. The van der Waals surface area contributed by atoms with Crippen molar-refractivity contribution in [3.63, 3.8) is 0 Å². The average Bonchev–Trinajstić information content (AvgIpc) is 2.84. The van der Waals surface area contributed by atoms with Gasteiger partial charge in [0, 0.05) is 29.6 Å². The van der Waals surface area contributed by atoms with Crippen LogP contribution in [0.1, 0.15) is 49.8 Å². The molecule has 0 saturated carbocycles. The maximum atomic E-state index is 6.08. The van der Waals surface area contributed by atoms with Gasteiger partial charge in [-0.05, 0) is 69.5 Å². The van der Waals surface area contributed by atoms with Crippen molar-refractivity contribution in [3.8, 4) is 5.69 Å². The summed E-state index contributed by atoms with van der Waals surface area (Å²) in [6.45, 7) is 6.79. The van der Waals surface area contributed by atoms with E-state index in [0.29, 0.717) is 5.92 Å². The normalized spacial score (nSPS) is 21.4. The summed E-state index contributed by atoms with van der Waals surface area (Å²) in [6.07, 6.45) is 6.12. The highest BCUT2D eigenvalue weighted by atomic mass is 35.5. The Kier molecular flexibility index (Phi) is 5.00. The van der Waals surface area contributed by atoms with E-state index in [1.165, 1.54) is 49.3 Å². The Balaban J connectivity index is 1.75. The van der Waals surface area contributed by atoms with Crippen LogP contribution in [0.4, 0.5) is 5.82 Å². The fraction of sp³-hybridized carbons (Fsp3) is 0.550. The van der Waals surface area contributed by atoms with Crippen LogP contribution in [0, 0.1) is 0 Å². The molecule has 4 nitrogen and oxygen atoms in total. The van der Waals surface area contributed by atoms with Gasteiger partial charge in [-0.2, -0.15) is 5.10 Å². The van der Waals surface area contributed by atoms with Crippen LogP contribution in [0.3, 0.4) is 0 Å². The molecular formula is C20H27ClN4. The van der Waals surface area contributed by atoms with E-state index in [-0.39, 0.29) is 0 Å². The molecule has 25 heavy (non-hydrogen) atoms. The summed E-state index contributed by atoms with van der Waals surface area (Å²) in [5.74, 6) is 1.75. The summed E-state index contributed by atoms with van der Waals surface area (Å²) in [5, 5.41) is 9.52. The van der Waals surface area contributed by atoms with Gasteiger partial charge in [-0.25, -0.2) is 4.68 Å².